The molecule has 8 nitrogen and oxygen atoms in total. The van der Waals surface area contributed by atoms with Gasteiger partial charge in [0.05, 0.1) is 0 Å². The Labute approximate surface area is 181 Å². The standard InChI is InChI=1S/C22H24N4O4S/c1-16-20(31(27,28)25(2)15-17-9-5-3-6-10-17)13-19(29-16)21-24-18(14-23)22(30-21)26-11-7-4-8-12-26/h3,5-6,9-10,13H,4,7-8,11-12,15H2,1-2H3. The lowest BCUT2D eigenvalue weighted by Gasteiger charge is -2.25. The quantitative estimate of drug-likeness (QED) is 0.572. The lowest BCUT2D eigenvalue weighted by Crippen LogP contribution is -2.29. The topological polar surface area (TPSA) is 104 Å². The first-order valence-corrected chi connectivity index (χ1v) is 11.6. The van der Waals surface area contributed by atoms with Crippen LogP contribution >= 0.6 is 0 Å². The van der Waals surface area contributed by atoms with Crippen molar-refractivity contribution in [1.82, 2.24) is 9.29 Å². The fourth-order valence-corrected chi connectivity index (χ4v) is 5.04. The van der Waals surface area contributed by atoms with Gasteiger partial charge in [-0.2, -0.15) is 14.6 Å². The average molecular weight is 441 g/mol. The molecular formula is C22H24N4O4S. The molecule has 0 amide bonds. The van der Waals surface area contributed by atoms with E-state index in [1.54, 1.807) is 6.92 Å². The SMILES string of the molecule is Cc1oc(-c2nc(C#N)c(N3CCCCC3)o2)cc1S(=O)(=O)N(C)Cc1ccccc1. The molecule has 31 heavy (non-hydrogen) atoms. The number of aromatic nitrogens is 1. The van der Waals surface area contributed by atoms with Gasteiger partial charge in [0.15, 0.2) is 5.76 Å². The van der Waals surface area contributed by atoms with Crippen LogP contribution in [0.25, 0.3) is 11.7 Å². The Morgan fingerprint density at radius 2 is 1.87 bits per heavy atom. The van der Waals surface area contributed by atoms with Gasteiger partial charge < -0.3 is 13.7 Å². The number of hydrogen-bond acceptors (Lipinski definition) is 7. The van der Waals surface area contributed by atoms with Gasteiger partial charge in [-0.15, -0.1) is 0 Å². The van der Waals surface area contributed by atoms with E-state index in [-0.39, 0.29) is 34.5 Å². The molecule has 0 atom stereocenters. The molecule has 0 saturated carbocycles. The Bertz CT molecular complexity index is 1200. The number of oxazole rings is 1. The minimum atomic E-state index is -3.79. The number of nitrogens with zero attached hydrogens (tertiary/aromatic N) is 4. The Hall–Kier alpha value is -3.09. The predicted octanol–water partition coefficient (Wildman–Crippen LogP) is 3.93. The molecule has 1 aliphatic rings. The Balaban J connectivity index is 1.63. The fourth-order valence-electron chi connectivity index (χ4n) is 3.72. The normalized spacial score (nSPS) is 14.7. The van der Waals surface area contributed by atoms with E-state index >= 15 is 0 Å². The van der Waals surface area contributed by atoms with Crippen LogP contribution in [0.2, 0.25) is 0 Å². The molecule has 0 bridgehead atoms. The number of benzene rings is 1. The van der Waals surface area contributed by atoms with Crippen molar-refractivity contribution in [2.24, 2.45) is 0 Å². The zero-order valence-electron chi connectivity index (χ0n) is 17.5. The second-order valence-corrected chi connectivity index (χ2v) is 9.62. The summed E-state index contributed by atoms with van der Waals surface area (Å²) < 4.78 is 39.1. The molecule has 0 unspecified atom stereocenters. The maximum absolute atomic E-state index is 13.1. The smallest absolute Gasteiger partial charge is 0.266 e. The molecule has 3 aromatic rings. The predicted molar refractivity (Wildman–Crippen MR) is 115 cm³/mol. The van der Waals surface area contributed by atoms with Crippen molar-refractivity contribution in [3.63, 3.8) is 0 Å². The highest BCUT2D eigenvalue weighted by Gasteiger charge is 2.29. The number of nitriles is 1. The van der Waals surface area contributed by atoms with Gasteiger partial charge in [-0.25, -0.2) is 8.42 Å². The number of rotatable bonds is 6. The van der Waals surface area contributed by atoms with Gasteiger partial charge >= 0.3 is 0 Å². The molecule has 0 N–H and O–H groups in total. The summed E-state index contributed by atoms with van der Waals surface area (Å²) in [5, 5.41) is 9.48. The molecule has 1 aromatic carbocycles. The Kier molecular flexibility index (Phi) is 5.85. The Morgan fingerprint density at radius 3 is 2.55 bits per heavy atom. The van der Waals surface area contributed by atoms with Crippen molar-refractivity contribution in [1.29, 1.82) is 5.26 Å². The second kappa shape index (κ2) is 8.57. The third kappa shape index (κ3) is 4.22. The number of hydrogen-bond donors (Lipinski definition) is 0. The highest BCUT2D eigenvalue weighted by atomic mass is 32.2. The van der Waals surface area contributed by atoms with Gasteiger partial charge in [0.2, 0.25) is 21.6 Å². The van der Waals surface area contributed by atoms with Gasteiger partial charge in [0.1, 0.15) is 16.7 Å². The number of piperidine rings is 1. The van der Waals surface area contributed by atoms with E-state index in [4.69, 9.17) is 8.83 Å². The van der Waals surface area contributed by atoms with E-state index in [1.165, 1.54) is 17.4 Å². The highest BCUT2D eigenvalue weighted by Crippen LogP contribution is 2.34. The summed E-state index contributed by atoms with van der Waals surface area (Å²) in [4.78, 5) is 6.30. The van der Waals surface area contributed by atoms with Crippen LogP contribution in [0.15, 0.2) is 50.1 Å². The maximum Gasteiger partial charge on any atom is 0.266 e. The van der Waals surface area contributed by atoms with Crippen LogP contribution in [0.1, 0.15) is 36.3 Å². The van der Waals surface area contributed by atoms with Crippen molar-refractivity contribution in [2.75, 3.05) is 25.0 Å². The van der Waals surface area contributed by atoms with E-state index in [2.05, 4.69) is 11.1 Å². The van der Waals surface area contributed by atoms with Gasteiger partial charge in [0.25, 0.3) is 5.89 Å². The van der Waals surface area contributed by atoms with Crippen molar-refractivity contribution < 1.29 is 17.3 Å². The largest absolute Gasteiger partial charge is 0.455 e. The highest BCUT2D eigenvalue weighted by molar-refractivity contribution is 7.89. The molecule has 9 heteroatoms. The average Bonchev–Trinajstić information content (AvgIpc) is 3.39. The lowest BCUT2D eigenvalue weighted by molar-refractivity contribution is 0.459. The number of aryl methyl sites for hydroxylation is 1. The summed E-state index contributed by atoms with van der Waals surface area (Å²) in [7, 11) is -2.26. The van der Waals surface area contributed by atoms with E-state index in [0.717, 1.165) is 37.9 Å². The maximum atomic E-state index is 13.1. The molecule has 0 aliphatic carbocycles. The summed E-state index contributed by atoms with van der Waals surface area (Å²) >= 11 is 0. The van der Waals surface area contributed by atoms with Gasteiger partial charge in [-0.05, 0) is 31.7 Å². The van der Waals surface area contributed by atoms with Crippen LogP contribution in [0.4, 0.5) is 5.88 Å². The molecule has 4 rings (SSSR count). The third-order valence-electron chi connectivity index (χ3n) is 5.38. The van der Waals surface area contributed by atoms with Crippen LogP contribution in [0.3, 0.4) is 0 Å². The van der Waals surface area contributed by atoms with Crippen molar-refractivity contribution in [3.05, 3.63) is 53.4 Å². The molecule has 1 aliphatic heterocycles. The van der Waals surface area contributed by atoms with E-state index < -0.39 is 10.0 Å². The van der Waals surface area contributed by atoms with Crippen molar-refractivity contribution >= 4 is 15.9 Å². The first-order valence-electron chi connectivity index (χ1n) is 10.2. The van der Waals surface area contributed by atoms with Gasteiger partial charge in [-0.1, -0.05) is 30.3 Å². The summed E-state index contributed by atoms with van der Waals surface area (Å²) in [6, 6.07) is 12.8. The summed E-state index contributed by atoms with van der Waals surface area (Å²) in [6.07, 6.45) is 3.20. The monoisotopic (exact) mass is 440 g/mol. The van der Waals surface area contributed by atoms with Crippen molar-refractivity contribution in [2.45, 2.75) is 37.6 Å². The van der Waals surface area contributed by atoms with Crippen molar-refractivity contribution in [3.8, 4) is 17.7 Å². The third-order valence-corrected chi connectivity index (χ3v) is 7.29. The van der Waals surface area contributed by atoms with Crippen LogP contribution < -0.4 is 4.90 Å². The van der Waals surface area contributed by atoms with Crippen LogP contribution in [0.5, 0.6) is 0 Å². The van der Waals surface area contributed by atoms with Crippen LogP contribution in [-0.2, 0) is 16.6 Å². The molecule has 0 radical (unpaired) electrons. The van der Waals surface area contributed by atoms with Crippen LogP contribution in [-0.4, -0.2) is 37.8 Å². The van der Waals surface area contributed by atoms with Crippen LogP contribution in [0, 0.1) is 18.3 Å². The van der Waals surface area contributed by atoms with Gasteiger partial charge in [0, 0.05) is 32.7 Å². The molecule has 0 spiro atoms. The van der Waals surface area contributed by atoms with Gasteiger partial charge in [-0.3, -0.25) is 0 Å². The van der Waals surface area contributed by atoms with E-state index in [0.29, 0.717) is 5.88 Å². The molecular weight excluding hydrogens is 416 g/mol. The summed E-state index contributed by atoms with van der Waals surface area (Å²) in [5.41, 5.74) is 1.06. The number of anilines is 1. The fraction of sp³-hybridized carbons (Fsp3) is 0.364. The Morgan fingerprint density at radius 1 is 1.16 bits per heavy atom. The molecule has 1 saturated heterocycles. The first kappa shape index (κ1) is 21.2. The lowest BCUT2D eigenvalue weighted by atomic mass is 10.1. The molecule has 3 heterocycles. The minimum absolute atomic E-state index is 0.0529. The van der Waals surface area contributed by atoms with E-state index in [1.807, 2.05) is 35.2 Å². The van der Waals surface area contributed by atoms with E-state index in [9.17, 15) is 13.7 Å². The first-order chi connectivity index (χ1) is 14.9. The zero-order chi connectivity index (χ0) is 22.0. The molecule has 162 valence electrons. The minimum Gasteiger partial charge on any atom is -0.455 e. The number of furan rings is 1. The number of sulfonamides is 1. The molecule has 1 fully saturated rings. The second-order valence-electron chi connectivity index (χ2n) is 7.61. The molecule has 2 aromatic heterocycles. The summed E-state index contributed by atoms with van der Waals surface area (Å²) in [5.74, 6) is 0.944. The summed E-state index contributed by atoms with van der Waals surface area (Å²) in [6.45, 7) is 3.42. The zero-order valence-corrected chi connectivity index (χ0v) is 18.4.